The van der Waals surface area contributed by atoms with Crippen molar-refractivity contribution in [2.24, 2.45) is 0 Å². The molecule has 0 nitrogen and oxygen atoms in total. The molecular formula is C8H8S2. The highest BCUT2D eigenvalue weighted by Gasteiger charge is 2.61. The molecule has 0 aromatic rings. The highest BCUT2D eigenvalue weighted by molar-refractivity contribution is 8.13. The van der Waals surface area contributed by atoms with Crippen LogP contribution >= 0.6 is 23.5 Å². The van der Waals surface area contributed by atoms with Crippen molar-refractivity contribution < 1.29 is 0 Å². The normalized spacial score (nSPS) is 54.4. The van der Waals surface area contributed by atoms with Gasteiger partial charge in [0.1, 0.15) is 0 Å². The van der Waals surface area contributed by atoms with Crippen LogP contribution in [0.25, 0.3) is 0 Å². The van der Waals surface area contributed by atoms with E-state index in [2.05, 4.69) is 47.8 Å². The predicted molar refractivity (Wildman–Crippen MR) is 48.6 cm³/mol. The average molecular weight is 168 g/mol. The number of allylic oxidation sites excluding steroid dienone is 2. The molecule has 0 aromatic carbocycles. The lowest BCUT2D eigenvalue weighted by atomic mass is 9.98. The van der Waals surface area contributed by atoms with Crippen LogP contribution < -0.4 is 0 Å². The van der Waals surface area contributed by atoms with E-state index in [1.54, 1.807) is 0 Å². The van der Waals surface area contributed by atoms with Crippen molar-refractivity contribution in [2.45, 2.75) is 15.2 Å². The van der Waals surface area contributed by atoms with Crippen LogP contribution in [-0.4, -0.2) is 21.0 Å². The van der Waals surface area contributed by atoms with Crippen molar-refractivity contribution in [3.63, 3.8) is 0 Å². The summed E-state index contributed by atoms with van der Waals surface area (Å²) < 4.78 is 0.569. The van der Waals surface area contributed by atoms with Gasteiger partial charge in [-0.2, -0.15) is 11.8 Å². The van der Waals surface area contributed by atoms with E-state index in [0.29, 0.717) is 4.75 Å². The van der Waals surface area contributed by atoms with Gasteiger partial charge in [0.05, 0.1) is 4.75 Å². The van der Waals surface area contributed by atoms with Gasteiger partial charge in [0, 0.05) is 16.3 Å². The molecule has 10 heavy (non-hydrogen) atoms. The highest BCUT2D eigenvalue weighted by atomic mass is 32.2. The molecule has 2 saturated heterocycles. The number of hydrogen-bond donors (Lipinski definition) is 0. The molecule has 1 aliphatic carbocycles. The summed E-state index contributed by atoms with van der Waals surface area (Å²) in [6.45, 7) is 0. The summed E-state index contributed by atoms with van der Waals surface area (Å²) in [4.78, 5) is 0. The Morgan fingerprint density at radius 1 is 1.40 bits per heavy atom. The van der Waals surface area contributed by atoms with E-state index in [1.807, 2.05) is 0 Å². The highest BCUT2D eigenvalue weighted by Crippen LogP contribution is 2.66. The number of hydrogen-bond acceptors (Lipinski definition) is 2. The van der Waals surface area contributed by atoms with E-state index in [9.17, 15) is 0 Å². The van der Waals surface area contributed by atoms with E-state index in [0.717, 1.165) is 10.5 Å². The molecule has 2 aliphatic heterocycles. The zero-order valence-electron chi connectivity index (χ0n) is 5.49. The summed E-state index contributed by atoms with van der Waals surface area (Å²) in [6.07, 6.45) is 9.11. The molecule has 52 valence electrons. The average Bonchev–Trinajstić information content (AvgIpc) is 2.84. The quantitative estimate of drug-likeness (QED) is 0.550. The van der Waals surface area contributed by atoms with Crippen LogP contribution in [0.1, 0.15) is 0 Å². The van der Waals surface area contributed by atoms with Gasteiger partial charge in [-0.05, 0) is 0 Å². The standard InChI is InChI=1S/C8H8S2/c1-2-4-8(7-5-9-7)6(3-1)10-8/h1-4,6-7H,5H2. The zero-order valence-corrected chi connectivity index (χ0v) is 7.12. The fourth-order valence-corrected chi connectivity index (χ4v) is 4.23. The molecule has 3 aliphatic rings. The lowest BCUT2D eigenvalue weighted by Crippen LogP contribution is -2.18. The van der Waals surface area contributed by atoms with Crippen LogP contribution in [0.15, 0.2) is 24.3 Å². The second-order valence-electron chi connectivity index (χ2n) is 2.96. The van der Waals surface area contributed by atoms with Crippen LogP contribution in [0.2, 0.25) is 0 Å². The minimum absolute atomic E-state index is 0.569. The van der Waals surface area contributed by atoms with Crippen LogP contribution in [0.5, 0.6) is 0 Å². The minimum Gasteiger partial charge on any atom is -0.155 e. The first kappa shape index (κ1) is 5.78. The third-order valence-electron chi connectivity index (χ3n) is 2.31. The monoisotopic (exact) mass is 168 g/mol. The Balaban J connectivity index is 1.95. The van der Waals surface area contributed by atoms with Gasteiger partial charge in [-0.25, -0.2) is 0 Å². The van der Waals surface area contributed by atoms with E-state index >= 15 is 0 Å². The Labute approximate surface area is 69.1 Å². The minimum atomic E-state index is 0.569. The lowest BCUT2D eigenvalue weighted by molar-refractivity contribution is 0.851. The lowest BCUT2D eigenvalue weighted by Gasteiger charge is -2.06. The molecule has 0 radical (unpaired) electrons. The van der Waals surface area contributed by atoms with Gasteiger partial charge in [0.15, 0.2) is 0 Å². The van der Waals surface area contributed by atoms with Gasteiger partial charge in [-0.15, -0.1) is 11.8 Å². The summed E-state index contributed by atoms with van der Waals surface area (Å²) in [5.41, 5.74) is 0. The molecule has 0 aromatic heterocycles. The Bertz CT molecular complexity index is 227. The summed E-state index contributed by atoms with van der Waals surface area (Å²) in [7, 11) is 0. The van der Waals surface area contributed by atoms with Crippen molar-refractivity contribution in [1.82, 2.24) is 0 Å². The Morgan fingerprint density at radius 2 is 2.30 bits per heavy atom. The first-order chi connectivity index (χ1) is 4.92. The van der Waals surface area contributed by atoms with Crippen molar-refractivity contribution in [3.05, 3.63) is 24.3 Å². The topological polar surface area (TPSA) is 0 Å². The van der Waals surface area contributed by atoms with E-state index < -0.39 is 0 Å². The Hall–Kier alpha value is 0.180. The van der Waals surface area contributed by atoms with Crippen LogP contribution in [0, 0.1) is 0 Å². The molecule has 0 spiro atoms. The first-order valence-corrected chi connectivity index (χ1v) is 5.50. The smallest absolute Gasteiger partial charge is 0.0628 e. The molecule has 0 amide bonds. The van der Waals surface area contributed by atoms with Crippen LogP contribution in [0.4, 0.5) is 0 Å². The molecular weight excluding hydrogens is 160 g/mol. The molecule has 3 rings (SSSR count). The number of fused-ring (bicyclic) bond motifs is 1. The van der Waals surface area contributed by atoms with Crippen molar-refractivity contribution in [3.8, 4) is 0 Å². The fraction of sp³-hybridized carbons (Fsp3) is 0.500. The molecule has 2 fully saturated rings. The maximum Gasteiger partial charge on any atom is 0.0628 e. The maximum absolute atomic E-state index is 2.40. The van der Waals surface area contributed by atoms with Gasteiger partial charge >= 0.3 is 0 Å². The SMILES string of the molecule is C1=CC2SC2(C2CS2)C=C1. The van der Waals surface area contributed by atoms with Crippen molar-refractivity contribution >= 4 is 23.5 Å². The third-order valence-corrected chi connectivity index (χ3v) is 5.14. The second kappa shape index (κ2) is 1.67. The van der Waals surface area contributed by atoms with E-state index in [-0.39, 0.29) is 0 Å². The zero-order chi connectivity index (χ0) is 6.60. The van der Waals surface area contributed by atoms with Crippen molar-refractivity contribution in [1.29, 1.82) is 0 Å². The molecule has 3 unspecified atom stereocenters. The van der Waals surface area contributed by atoms with Crippen LogP contribution in [0.3, 0.4) is 0 Å². The van der Waals surface area contributed by atoms with Gasteiger partial charge in [-0.1, -0.05) is 24.3 Å². The molecule has 0 bridgehead atoms. The van der Waals surface area contributed by atoms with Crippen molar-refractivity contribution in [2.75, 3.05) is 5.75 Å². The largest absolute Gasteiger partial charge is 0.155 e. The second-order valence-corrected chi connectivity index (χ2v) is 5.64. The summed E-state index contributed by atoms with van der Waals surface area (Å²) in [5.74, 6) is 1.39. The third kappa shape index (κ3) is 0.615. The fourth-order valence-electron chi connectivity index (χ4n) is 1.56. The Kier molecular flexibility index (Phi) is 0.966. The molecule has 0 N–H and O–H groups in total. The van der Waals surface area contributed by atoms with E-state index in [4.69, 9.17) is 0 Å². The van der Waals surface area contributed by atoms with Gasteiger partial charge in [0.25, 0.3) is 0 Å². The van der Waals surface area contributed by atoms with Crippen LogP contribution in [-0.2, 0) is 0 Å². The van der Waals surface area contributed by atoms with Gasteiger partial charge in [0.2, 0.25) is 0 Å². The van der Waals surface area contributed by atoms with Gasteiger partial charge in [-0.3, -0.25) is 0 Å². The molecule has 2 heteroatoms. The Morgan fingerprint density at radius 3 is 3.00 bits per heavy atom. The maximum atomic E-state index is 2.40. The predicted octanol–water partition coefficient (Wildman–Crippen LogP) is 2.08. The first-order valence-electron chi connectivity index (χ1n) is 3.57. The summed E-state index contributed by atoms with van der Waals surface area (Å²) in [6, 6.07) is 0. The molecule has 3 atom stereocenters. The molecule has 0 saturated carbocycles. The van der Waals surface area contributed by atoms with E-state index in [1.165, 1.54) is 5.75 Å². The molecule has 2 heterocycles. The summed E-state index contributed by atoms with van der Waals surface area (Å²) in [5, 5.41) is 1.78. The summed E-state index contributed by atoms with van der Waals surface area (Å²) >= 11 is 4.23. The van der Waals surface area contributed by atoms with Gasteiger partial charge < -0.3 is 0 Å². The number of rotatable bonds is 1. The number of thioether (sulfide) groups is 2.